The minimum absolute atomic E-state index is 0.0142. The van der Waals surface area contributed by atoms with Crippen LogP contribution in [0.4, 0.5) is 11.4 Å². The number of para-hydroxylation sites is 2. The van der Waals surface area contributed by atoms with Crippen molar-refractivity contribution in [2.24, 2.45) is 10.9 Å². The van der Waals surface area contributed by atoms with Crippen LogP contribution < -0.4 is 3.86 Å². The van der Waals surface area contributed by atoms with Gasteiger partial charge in [-0.2, -0.15) is 0 Å². The van der Waals surface area contributed by atoms with Gasteiger partial charge in [0.15, 0.2) is 0 Å². The van der Waals surface area contributed by atoms with Crippen LogP contribution in [0.2, 0.25) is 0 Å². The molecule has 0 saturated carbocycles. The Morgan fingerprint density at radius 1 is 0.700 bits per heavy atom. The molecule has 0 fully saturated rings. The summed E-state index contributed by atoms with van der Waals surface area (Å²) in [5.41, 5.74) is 12.9. The third-order valence-electron chi connectivity index (χ3n) is 8.00. The molecular formula is C37H46GeN2. The van der Waals surface area contributed by atoms with Crippen LogP contribution in [0.15, 0.2) is 88.9 Å². The molecule has 0 saturated heterocycles. The number of hydrogen-bond acceptors (Lipinski definition) is 2. The zero-order valence-electron chi connectivity index (χ0n) is 25.9. The molecule has 1 heterocycles. The number of nitrogens with zero attached hydrogens (tertiary/aromatic N) is 2. The second-order valence-corrected chi connectivity index (χ2v) is 14.4. The first-order valence-electron chi connectivity index (χ1n) is 14.8. The van der Waals surface area contributed by atoms with Gasteiger partial charge in [0.1, 0.15) is 0 Å². The molecule has 40 heavy (non-hydrogen) atoms. The number of anilines is 1. The average molecular weight is 591 g/mol. The molecule has 1 unspecified atom stereocenters. The molecule has 1 atom stereocenters. The van der Waals surface area contributed by atoms with E-state index in [1.165, 1.54) is 39.1 Å². The second kappa shape index (κ2) is 12.8. The maximum atomic E-state index is 5.50. The Kier molecular flexibility index (Phi) is 9.61. The van der Waals surface area contributed by atoms with Crippen LogP contribution in [0, 0.1) is 5.92 Å². The van der Waals surface area contributed by atoms with Crippen molar-refractivity contribution >= 4 is 38.3 Å². The molecule has 208 valence electrons. The summed E-state index contributed by atoms with van der Waals surface area (Å²) in [5, 5.41) is 0. The second-order valence-electron chi connectivity index (χ2n) is 12.3. The fourth-order valence-electron chi connectivity index (χ4n) is 5.82. The molecule has 3 aromatic carbocycles. The summed E-state index contributed by atoms with van der Waals surface area (Å²) < 4.78 is 2.60. The van der Waals surface area contributed by atoms with Crippen molar-refractivity contribution in [2.75, 3.05) is 3.86 Å². The molecule has 1 aliphatic heterocycles. The van der Waals surface area contributed by atoms with Crippen molar-refractivity contribution in [3.8, 4) is 0 Å². The third kappa shape index (κ3) is 6.08. The topological polar surface area (TPSA) is 15.6 Å². The molecule has 0 N–H and O–H groups in total. The van der Waals surface area contributed by atoms with Gasteiger partial charge >= 0.3 is 251 Å². The summed E-state index contributed by atoms with van der Waals surface area (Å²) in [6.45, 7) is 25.4. The van der Waals surface area contributed by atoms with E-state index in [2.05, 4.69) is 138 Å². The number of benzene rings is 3. The zero-order chi connectivity index (χ0) is 29.1. The summed E-state index contributed by atoms with van der Waals surface area (Å²) >= 11 is -0.622. The summed E-state index contributed by atoms with van der Waals surface area (Å²) in [4.78, 5) is 8.03. The van der Waals surface area contributed by atoms with Gasteiger partial charge in [0.05, 0.1) is 0 Å². The van der Waals surface area contributed by atoms with Crippen molar-refractivity contribution < 1.29 is 0 Å². The first-order valence-corrected chi connectivity index (χ1v) is 17.0. The van der Waals surface area contributed by atoms with Gasteiger partial charge in [-0.3, -0.25) is 0 Å². The fourth-order valence-corrected chi connectivity index (χ4v) is 8.51. The molecule has 0 amide bonds. The predicted octanol–water partition coefficient (Wildman–Crippen LogP) is 10.6. The van der Waals surface area contributed by atoms with Crippen LogP contribution in [0.25, 0.3) is 5.57 Å². The number of hydrogen-bond donors (Lipinski definition) is 0. The molecule has 0 aromatic heterocycles. The maximum absolute atomic E-state index is 5.50. The van der Waals surface area contributed by atoms with Crippen molar-refractivity contribution in [1.82, 2.24) is 0 Å². The Morgan fingerprint density at radius 3 is 1.65 bits per heavy atom. The Balaban J connectivity index is 1.93. The molecule has 0 aliphatic carbocycles. The first kappa shape index (κ1) is 30.1. The van der Waals surface area contributed by atoms with Gasteiger partial charge in [-0.25, -0.2) is 0 Å². The molecule has 3 aromatic rings. The van der Waals surface area contributed by atoms with E-state index in [9.17, 15) is 0 Å². The summed E-state index contributed by atoms with van der Waals surface area (Å²) in [5.74, 6) is 1.69. The van der Waals surface area contributed by atoms with Gasteiger partial charge in [0.25, 0.3) is 0 Å². The number of allylic oxidation sites excluding steroid dienone is 1. The van der Waals surface area contributed by atoms with Gasteiger partial charge in [-0.1, -0.05) is 0 Å². The number of rotatable bonds is 8. The minimum atomic E-state index is -0.622. The Morgan fingerprint density at radius 2 is 1.18 bits per heavy atom. The SMILES string of the molecule is C=C1C(C(C)=Nc2c(C(C)C)cccc2C(C)C)C(c2ccccc2)=[CH][Ge][N]1c1c(C(C)C)cccc1C(C)C. The van der Waals surface area contributed by atoms with E-state index in [1.807, 2.05) is 0 Å². The monoisotopic (exact) mass is 592 g/mol. The van der Waals surface area contributed by atoms with E-state index in [-0.39, 0.29) is 5.92 Å². The first-order chi connectivity index (χ1) is 19.0. The van der Waals surface area contributed by atoms with Crippen LogP contribution in [0.1, 0.15) is 114 Å². The van der Waals surface area contributed by atoms with Gasteiger partial charge in [-0.15, -0.1) is 0 Å². The Labute approximate surface area is 250 Å². The van der Waals surface area contributed by atoms with Gasteiger partial charge in [-0.05, 0) is 0 Å². The summed E-state index contributed by atoms with van der Waals surface area (Å²) in [6.07, 6.45) is 0. The molecule has 2 nitrogen and oxygen atoms in total. The quantitative estimate of drug-likeness (QED) is 0.188. The predicted molar refractivity (Wildman–Crippen MR) is 177 cm³/mol. The van der Waals surface area contributed by atoms with Crippen LogP contribution in [-0.4, -0.2) is 21.4 Å². The third-order valence-corrected chi connectivity index (χ3v) is 10.5. The van der Waals surface area contributed by atoms with E-state index in [1.54, 1.807) is 0 Å². The van der Waals surface area contributed by atoms with E-state index in [4.69, 9.17) is 11.6 Å². The summed E-state index contributed by atoms with van der Waals surface area (Å²) in [6, 6.07) is 24.4. The Hall–Kier alpha value is -2.85. The molecule has 0 spiro atoms. The molecule has 2 radical (unpaired) electrons. The van der Waals surface area contributed by atoms with Crippen LogP contribution in [-0.2, 0) is 0 Å². The van der Waals surface area contributed by atoms with E-state index < -0.39 is 15.7 Å². The van der Waals surface area contributed by atoms with Crippen molar-refractivity contribution in [3.63, 3.8) is 0 Å². The molecule has 1 aliphatic rings. The summed E-state index contributed by atoms with van der Waals surface area (Å²) in [7, 11) is 0. The van der Waals surface area contributed by atoms with Gasteiger partial charge < -0.3 is 0 Å². The van der Waals surface area contributed by atoms with Crippen LogP contribution in [0.3, 0.4) is 0 Å². The van der Waals surface area contributed by atoms with Gasteiger partial charge in [0, 0.05) is 0 Å². The van der Waals surface area contributed by atoms with E-state index >= 15 is 0 Å². The molecule has 4 rings (SSSR count). The molecule has 0 bridgehead atoms. The standard InChI is InChI=1S/C37H46GeN2/c1-23(2)30-18-14-19-31(24(3)4)36(30)39-27(9)35-28(10)40(38-22-34(35)29-16-12-11-13-17-29)37-32(25(5)6)20-15-21-33(37)26(7)8/h11-26,35H,10H2,1-9H3. The van der Waals surface area contributed by atoms with Crippen molar-refractivity contribution in [1.29, 1.82) is 0 Å². The number of aliphatic imine (C=N–C) groups is 1. The Bertz CT molecular complexity index is 1360. The van der Waals surface area contributed by atoms with Crippen LogP contribution in [0.5, 0.6) is 0 Å². The molecule has 3 heteroatoms. The zero-order valence-corrected chi connectivity index (χ0v) is 28.0. The van der Waals surface area contributed by atoms with E-state index in [0.29, 0.717) is 23.7 Å². The average Bonchev–Trinajstić information content (AvgIpc) is 2.92. The van der Waals surface area contributed by atoms with Crippen molar-refractivity contribution in [2.45, 2.75) is 86.0 Å². The van der Waals surface area contributed by atoms with Crippen molar-refractivity contribution in [3.05, 3.63) is 112 Å². The van der Waals surface area contributed by atoms with Gasteiger partial charge in [0.2, 0.25) is 0 Å². The fraction of sp³-hybridized carbons (Fsp3) is 0.378. The van der Waals surface area contributed by atoms with E-state index in [0.717, 1.165) is 17.1 Å². The van der Waals surface area contributed by atoms with Crippen LogP contribution >= 0.6 is 0 Å². The molecular weight excluding hydrogens is 545 g/mol. The normalized spacial score (nSPS) is 16.5.